The highest BCUT2D eigenvalue weighted by Crippen LogP contribution is 2.41. The van der Waals surface area contributed by atoms with E-state index in [1.54, 1.807) is 24.3 Å². The number of imide groups is 2. The predicted octanol–water partition coefficient (Wildman–Crippen LogP) is 6.42. The average molecular weight is 650 g/mol. The van der Waals surface area contributed by atoms with Gasteiger partial charge in [0.15, 0.2) is 11.5 Å². The SMILES string of the molecule is CCOc1cc(/C=C2\C(=O)NC(=O)N(c3cc(OC)c(Cl)cc3OC)C2=O)cc(Br)c1OCc1ccc(Cl)cc1. The lowest BCUT2D eigenvalue weighted by atomic mass is 10.1. The highest BCUT2D eigenvalue weighted by atomic mass is 79.9. The summed E-state index contributed by atoms with van der Waals surface area (Å²) in [6.07, 6.45) is 1.35. The van der Waals surface area contributed by atoms with Crippen molar-refractivity contribution in [3.05, 3.63) is 79.7 Å². The molecule has 0 atom stereocenters. The summed E-state index contributed by atoms with van der Waals surface area (Å²) < 4.78 is 22.9. The second-order valence-corrected chi connectivity index (χ2v) is 9.99. The number of amides is 4. The van der Waals surface area contributed by atoms with Gasteiger partial charge in [-0.1, -0.05) is 35.3 Å². The van der Waals surface area contributed by atoms with Crippen molar-refractivity contribution in [3.63, 3.8) is 0 Å². The van der Waals surface area contributed by atoms with Crippen LogP contribution in [0.3, 0.4) is 0 Å². The Morgan fingerprint density at radius 3 is 2.27 bits per heavy atom. The lowest BCUT2D eigenvalue weighted by Gasteiger charge is -2.28. The molecular formula is C28H23BrCl2N2O7. The number of nitrogens with one attached hydrogen (secondary N) is 1. The largest absolute Gasteiger partial charge is 0.495 e. The number of halogens is 3. The average Bonchev–Trinajstić information content (AvgIpc) is 2.92. The molecule has 3 aromatic rings. The second kappa shape index (κ2) is 12.6. The fourth-order valence-corrected chi connectivity index (χ4v) is 4.80. The van der Waals surface area contributed by atoms with Crippen LogP contribution in [0.15, 0.2) is 58.6 Å². The van der Waals surface area contributed by atoms with E-state index in [-0.39, 0.29) is 34.4 Å². The van der Waals surface area contributed by atoms with E-state index < -0.39 is 17.8 Å². The number of urea groups is 1. The Morgan fingerprint density at radius 2 is 1.62 bits per heavy atom. The predicted molar refractivity (Wildman–Crippen MR) is 155 cm³/mol. The van der Waals surface area contributed by atoms with Gasteiger partial charge in [0.1, 0.15) is 23.7 Å². The smallest absolute Gasteiger partial charge is 0.336 e. The molecule has 4 amide bonds. The highest BCUT2D eigenvalue weighted by Gasteiger charge is 2.38. The van der Waals surface area contributed by atoms with Crippen molar-refractivity contribution in [3.8, 4) is 23.0 Å². The molecule has 1 aliphatic rings. The fourth-order valence-electron chi connectivity index (χ4n) is 3.87. The van der Waals surface area contributed by atoms with E-state index in [9.17, 15) is 14.4 Å². The third-order valence-electron chi connectivity index (χ3n) is 5.74. The normalized spacial score (nSPS) is 14.3. The first-order chi connectivity index (χ1) is 19.2. The van der Waals surface area contributed by atoms with Crippen LogP contribution in [0.5, 0.6) is 23.0 Å². The Kier molecular flexibility index (Phi) is 9.24. The van der Waals surface area contributed by atoms with Gasteiger partial charge in [0.25, 0.3) is 11.8 Å². The minimum atomic E-state index is -0.947. The van der Waals surface area contributed by atoms with Gasteiger partial charge in [-0.05, 0) is 64.3 Å². The maximum absolute atomic E-state index is 13.5. The van der Waals surface area contributed by atoms with Gasteiger partial charge in [-0.3, -0.25) is 14.9 Å². The van der Waals surface area contributed by atoms with Crippen LogP contribution in [0.2, 0.25) is 10.0 Å². The number of hydrogen-bond acceptors (Lipinski definition) is 7. The van der Waals surface area contributed by atoms with Gasteiger partial charge in [0, 0.05) is 17.2 Å². The molecule has 0 aromatic heterocycles. The van der Waals surface area contributed by atoms with E-state index in [4.69, 9.17) is 42.1 Å². The maximum Gasteiger partial charge on any atom is 0.336 e. The Morgan fingerprint density at radius 1 is 0.925 bits per heavy atom. The Bertz CT molecular complexity index is 1510. The monoisotopic (exact) mass is 648 g/mol. The van der Waals surface area contributed by atoms with Gasteiger partial charge in [0.05, 0.1) is 36.0 Å². The summed E-state index contributed by atoms with van der Waals surface area (Å²) in [5.41, 5.74) is 1.10. The second-order valence-electron chi connectivity index (χ2n) is 8.29. The molecular weight excluding hydrogens is 627 g/mol. The Balaban J connectivity index is 1.70. The molecule has 12 heteroatoms. The molecule has 40 heavy (non-hydrogen) atoms. The van der Waals surface area contributed by atoms with E-state index in [1.165, 1.54) is 32.4 Å². The van der Waals surface area contributed by atoms with E-state index in [0.717, 1.165) is 10.5 Å². The molecule has 9 nitrogen and oxygen atoms in total. The van der Waals surface area contributed by atoms with E-state index in [2.05, 4.69) is 21.2 Å². The van der Waals surface area contributed by atoms with Crippen molar-refractivity contribution in [2.24, 2.45) is 0 Å². The molecule has 1 aliphatic heterocycles. The highest BCUT2D eigenvalue weighted by molar-refractivity contribution is 9.10. The van der Waals surface area contributed by atoms with E-state index in [0.29, 0.717) is 33.2 Å². The summed E-state index contributed by atoms with van der Waals surface area (Å²) in [6.45, 7) is 2.40. The summed E-state index contributed by atoms with van der Waals surface area (Å²) in [5, 5.41) is 3.03. The zero-order valence-electron chi connectivity index (χ0n) is 21.5. The van der Waals surface area contributed by atoms with Crippen molar-refractivity contribution in [2.45, 2.75) is 13.5 Å². The van der Waals surface area contributed by atoms with Gasteiger partial charge in [-0.2, -0.15) is 0 Å². The molecule has 0 radical (unpaired) electrons. The first-order valence-corrected chi connectivity index (χ1v) is 13.4. The molecule has 1 saturated heterocycles. The molecule has 1 N–H and O–H groups in total. The van der Waals surface area contributed by atoms with Crippen LogP contribution in [0.4, 0.5) is 10.5 Å². The first kappa shape index (κ1) is 29.3. The lowest BCUT2D eigenvalue weighted by Crippen LogP contribution is -2.54. The number of barbiturate groups is 1. The summed E-state index contributed by atoms with van der Waals surface area (Å²) in [7, 11) is 2.75. The molecule has 4 rings (SSSR count). The molecule has 1 fully saturated rings. The molecule has 0 unspecified atom stereocenters. The number of carbonyl (C=O) groups excluding carboxylic acids is 3. The molecule has 0 saturated carbocycles. The van der Waals surface area contributed by atoms with Crippen LogP contribution >= 0.6 is 39.1 Å². The number of anilines is 1. The van der Waals surface area contributed by atoms with Crippen LogP contribution in [0, 0.1) is 0 Å². The van der Waals surface area contributed by atoms with E-state index in [1.807, 2.05) is 19.1 Å². The molecule has 208 valence electrons. The lowest BCUT2D eigenvalue weighted by molar-refractivity contribution is -0.122. The summed E-state index contributed by atoms with van der Waals surface area (Å²) in [5.74, 6) is -0.560. The van der Waals surface area contributed by atoms with Gasteiger partial charge in [0.2, 0.25) is 0 Å². The third-order valence-corrected chi connectivity index (χ3v) is 6.87. The summed E-state index contributed by atoms with van der Waals surface area (Å²) in [4.78, 5) is 39.9. The molecule has 1 heterocycles. The Hall–Kier alpha value is -3.73. The number of methoxy groups -OCH3 is 2. The number of ether oxygens (including phenoxy) is 4. The van der Waals surface area contributed by atoms with Crippen LogP contribution in [0.25, 0.3) is 6.08 Å². The third kappa shape index (κ3) is 6.19. The van der Waals surface area contributed by atoms with Crippen molar-refractivity contribution in [1.82, 2.24) is 5.32 Å². The van der Waals surface area contributed by atoms with Crippen molar-refractivity contribution < 1.29 is 33.3 Å². The number of benzene rings is 3. The maximum atomic E-state index is 13.5. The minimum Gasteiger partial charge on any atom is -0.495 e. The van der Waals surface area contributed by atoms with Crippen LogP contribution in [-0.4, -0.2) is 38.7 Å². The molecule has 0 spiro atoms. The van der Waals surface area contributed by atoms with Gasteiger partial charge in [-0.25, -0.2) is 9.69 Å². The van der Waals surface area contributed by atoms with Gasteiger partial charge in [-0.15, -0.1) is 0 Å². The standard InChI is InChI=1S/C28H23BrCl2N2O7/c1-4-39-24-11-16(10-19(29)25(24)40-14-15-5-7-17(30)8-6-15)9-18-26(34)32-28(36)33(27(18)35)21-13-22(37-2)20(31)12-23(21)38-3/h5-13H,4,14H2,1-3H3,(H,32,34,36)/b18-9+. The van der Waals surface area contributed by atoms with Crippen molar-refractivity contribution in [1.29, 1.82) is 0 Å². The topological polar surface area (TPSA) is 103 Å². The van der Waals surface area contributed by atoms with Gasteiger partial charge >= 0.3 is 6.03 Å². The number of hydrogen-bond donors (Lipinski definition) is 1. The van der Waals surface area contributed by atoms with Crippen LogP contribution in [0.1, 0.15) is 18.1 Å². The summed E-state index contributed by atoms with van der Waals surface area (Å²) in [6, 6.07) is 12.4. The molecule has 0 bridgehead atoms. The van der Waals surface area contributed by atoms with Crippen molar-refractivity contribution >= 4 is 68.7 Å². The number of rotatable bonds is 9. The minimum absolute atomic E-state index is 0.0479. The quantitative estimate of drug-likeness (QED) is 0.211. The Labute approximate surface area is 248 Å². The summed E-state index contributed by atoms with van der Waals surface area (Å²) >= 11 is 15.6. The van der Waals surface area contributed by atoms with E-state index >= 15 is 0 Å². The number of carbonyl (C=O) groups is 3. The van der Waals surface area contributed by atoms with Crippen LogP contribution in [-0.2, 0) is 16.2 Å². The zero-order valence-corrected chi connectivity index (χ0v) is 24.6. The zero-order chi connectivity index (χ0) is 29.0. The van der Waals surface area contributed by atoms with Crippen molar-refractivity contribution in [2.75, 3.05) is 25.7 Å². The van der Waals surface area contributed by atoms with Crippen LogP contribution < -0.4 is 29.2 Å². The molecule has 3 aromatic carbocycles. The molecule has 0 aliphatic carbocycles. The first-order valence-electron chi connectivity index (χ1n) is 11.8. The number of nitrogens with zero attached hydrogens (tertiary/aromatic N) is 1. The van der Waals surface area contributed by atoms with Gasteiger partial charge < -0.3 is 18.9 Å². The fraction of sp³-hybridized carbons (Fsp3) is 0.179.